The first-order valence-electron chi connectivity index (χ1n) is 19.1. The first-order valence-corrected chi connectivity index (χ1v) is 19.1. The molecule has 0 N–H and O–H groups in total. The molecular weight excluding hydrogens is 679 g/mol. The largest absolute Gasteiger partial charge is 0.455 e. The van der Waals surface area contributed by atoms with E-state index in [4.69, 9.17) is 4.42 Å². The Morgan fingerprint density at radius 1 is 0.286 bits per heavy atom. The van der Waals surface area contributed by atoms with Crippen molar-refractivity contribution < 1.29 is 4.42 Å². The Morgan fingerprint density at radius 3 is 1.54 bits per heavy atom. The lowest BCUT2D eigenvalue weighted by Gasteiger charge is -2.29. The maximum atomic E-state index is 6.45. The third-order valence-corrected chi connectivity index (χ3v) is 10.7. The molecule has 0 atom stereocenters. The average molecular weight is 716 g/mol. The Kier molecular flexibility index (Phi) is 8.55. The second-order valence-electron chi connectivity index (χ2n) is 14.1. The third-order valence-electron chi connectivity index (χ3n) is 10.7. The van der Waals surface area contributed by atoms with Gasteiger partial charge in [-0.25, -0.2) is 0 Å². The molecule has 2 heteroatoms. The molecule has 0 fully saturated rings. The van der Waals surface area contributed by atoms with E-state index in [0.29, 0.717) is 0 Å². The summed E-state index contributed by atoms with van der Waals surface area (Å²) in [5, 5.41) is 2.26. The van der Waals surface area contributed by atoms with Gasteiger partial charge < -0.3 is 9.32 Å². The van der Waals surface area contributed by atoms with Crippen LogP contribution in [0.4, 0.5) is 17.1 Å². The van der Waals surface area contributed by atoms with Crippen molar-refractivity contribution in [2.75, 3.05) is 4.90 Å². The van der Waals surface area contributed by atoms with Crippen molar-refractivity contribution in [2.45, 2.75) is 0 Å². The monoisotopic (exact) mass is 715 g/mol. The molecule has 1 heterocycles. The summed E-state index contributed by atoms with van der Waals surface area (Å²) >= 11 is 0. The van der Waals surface area contributed by atoms with E-state index in [-0.39, 0.29) is 0 Å². The van der Waals surface area contributed by atoms with Crippen molar-refractivity contribution in [1.82, 2.24) is 0 Å². The van der Waals surface area contributed by atoms with Gasteiger partial charge in [-0.15, -0.1) is 0 Å². The van der Waals surface area contributed by atoms with Crippen LogP contribution in [0, 0.1) is 0 Å². The minimum atomic E-state index is 0.902. The predicted octanol–water partition coefficient (Wildman–Crippen LogP) is 15.4. The van der Waals surface area contributed by atoms with Gasteiger partial charge in [-0.2, -0.15) is 0 Å². The summed E-state index contributed by atoms with van der Waals surface area (Å²) in [6.07, 6.45) is 0. The molecule has 264 valence electrons. The fourth-order valence-electron chi connectivity index (χ4n) is 8.08. The lowest BCUT2D eigenvalue weighted by molar-refractivity contribution is 0.670. The molecule has 56 heavy (non-hydrogen) atoms. The third kappa shape index (κ3) is 6.04. The normalized spacial score (nSPS) is 11.2. The number of para-hydroxylation sites is 3. The van der Waals surface area contributed by atoms with Gasteiger partial charge in [-0.05, 0) is 80.9 Å². The van der Waals surface area contributed by atoms with Crippen LogP contribution in [0.3, 0.4) is 0 Å². The lowest BCUT2D eigenvalue weighted by atomic mass is 9.88. The molecule has 0 radical (unpaired) electrons. The van der Waals surface area contributed by atoms with Crippen LogP contribution < -0.4 is 4.90 Å². The van der Waals surface area contributed by atoms with Gasteiger partial charge in [0.05, 0.1) is 5.69 Å². The van der Waals surface area contributed by atoms with Crippen LogP contribution in [0.1, 0.15) is 0 Å². The van der Waals surface area contributed by atoms with E-state index in [9.17, 15) is 0 Å². The van der Waals surface area contributed by atoms with Gasteiger partial charge in [0, 0.05) is 33.3 Å². The van der Waals surface area contributed by atoms with Gasteiger partial charge in [-0.1, -0.05) is 188 Å². The molecule has 10 aromatic rings. The second-order valence-corrected chi connectivity index (χ2v) is 14.1. The Hall–Kier alpha value is -7.42. The van der Waals surface area contributed by atoms with Crippen LogP contribution in [0.25, 0.3) is 77.6 Å². The molecule has 0 aliphatic heterocycles. The minimum Gasteiger partial charge on any atom is -0.455 e. The van der Waals surface area contributed by atoms with E-state index >= 15 is 0 Å². The quantitative estimate of drug-likeness (QED) is 0.156. The Balaban J connectivity index is 1.14. The zero-order valence-electron chi connectivity index (χ0n) is 30.7. The zero-order chi connectivity index (χ0) is 37.3. The molecule has 1 aromatic heterocycles. The van der Waals surface area contributed by atoms with Crippen molar-refractivity contribution >= 4 is 39.0 Å². The number of nitrogens with zero attached hydrogens (tertiary/aromatic N) is 1. The molecule has 2 nitrogen and oxygen atoms in total. The summed E-state index contributed by atoms with van der Waals surface area (Å²) in [4.78, 5) is 2.40. The van der Waals surface area contributed by atoms with E-state index in [1.807, 2.05) is 12.1 Å². The molecular formula is C54H37NO. The van der Waals surface area contributed by atoms with Crippen molar-refractivity contribution in [1.29, 1.82) is 0 Å². The molecule has 0 aliphatic rings. The van der Waals surface area contributed by atoms with Crippen LogP contribution >= 0.6 is 0 Å². The number of anilines is 3. The first-order chi connectivity index (χ1) is 27.8. The lowest BCUT2D eigenvalue weighted by Crippen LogP contribution is -2.11. The van der Waals surface area contributed by atoms with Crippen LogP contribution in [0.2, 0.25) is 0 Å². The predicted molar refractivity (Wildman–Crippen MR) is 236 cm³/mol. The number of hydrogen-bond donors (Lipinski definition) is 0. The van der Waals surface area contributed by atoms with Crippen LogP contribution in [-0.2, 0) is 0 Å². The van der Waals surface area contributed by atoms with Gasteiger partial charge in [0.1, 0.15) is 11.2 Å². The van der Waals surface area contributed by atoms with Gasteiger partial charge in [-0.3, -0.25) is 0 Å². The van der Waals surface area contributed by atoms with Crippen molar-refractivity contribution in [3.63, 3.8) is 0 Å². The van der Waals surface area contributed by atoms with Crippen LogP contribution in [0.5, 0.6) is 0 Å². The van der Waals surface area contributed by atoms with Gasteiger partial charge in [0.2, 0.25) is 0 Å². The summed E-state index contributed by atoms with van der Waals surface area (Å²) in [5.41, 5.74) is 16.7. The average Bonchev–Trinajstić information content (AvgIpc) is 3.67. The smallest absolute Gasteiger partial charge is 0.143 e. The van der Waals surface area contributed by atoms with Crippen molar-refractivity contribution in [3.8, 4) is 55.6 Å². The number of benzene rings is 9. The number of furan rings is 1. The fraction of sp³-hybridized carbons (Fsp3) is 0. The van der Waals surface area contributed by atoms with Gasteiger partial charge >= 0.3 is 0 Å². The second kappa shape index (κ2) is 14.4. The molecule has 9 aromatic carbocycles. The fourth-order valence-corrected chi connectivity index (χ4v) is 8.08. The molecule has 0 unspecified atom stereocenters. The molecule has 0 saturated heterocycles. The van der Waals surface area contributed by atoms with Crippen molar-refractivity contribution in [3.05, 3.63) is 224 Å². The zero-order valence-corrected chi connectivity index (χ0v) is 30.7. The summed E-state index contributed by atoms with van der Waals surface area (Å²) in [6.45, 7) is 0. The van der Waals surface area contributed by atoms with E-state index in [1.165, 1.54) is 33.4 Å². The molecule has 0 bridgehead atoms. The minimum absolute atomic E-state index is 0.902. The number of rotatable bonds is 8. The van der Waals surface area contributed by atoms with Crippen molar-refractivity contribution in [2.24, 2.45) is 0 Å². The molecule has 0 aliphatic carbocycles. The maximum Gasteiger partial charge on any atom is 0.143 e. The molecule has 0 spiro atoms. The Bertz CT molecular complexity index is 2960. The molecule has 0 saturated carbocycles. The van der Waals surface area contributed by atoms with E-state index < -0.39 is 0 Å². The molecule has 0 amide bonds. The Morgan fingerprint density at radius 2 is 0.786 bits per heavy atom. The highest BCUT2D eigenvalue weighted by molar-refractivity contribution is 6.09. The molecule has 10 rings (SSSR count). The van der Waals surface area contributed by atoms with Gasteiger partial charge in [0.25, 0.3) is 0 Å². The Labute approximate surface area is 327 Å². The first kappa shape index (κ1) is 33.2. The summed E-state index contributed by atoms with van der Waals surface area (Å²) in [6, 6.07) is 80.1. The van der Waals surface area contributed by atoms with Gasteiger partial charge in [0.15, 0.2) is 0 Å². The number of hydrogen-bond acceptors (Lipinski definition) is 2. The highest BCUT2D eigenvalue weighted by Crippen LogP contribution is 2.46. The van der Waals surface area contributed by atoms with Crippen LogP contribution in [0.15, 0.2) is 229 Å². The number of fused-ring (bicyclic) bond motifs is 3. The maximum absolute atomic E-state index is 6.45. The summed E-state index contributed by atoms with van der Waals surface area (Å²) < 4.78 is 6.45. The summed E-state index contributed by atoms with van der Waals surface area (Å²) in [5.74, 6) is 0. The SMILES string of the molecule is c1ccc(-c2cccc(N(c3ccc(-c4cccc5c4oc4ccccc45)cc3)c3ccccc3-c3ccccc3-c3ccccc3-c3ccccc3)c2)cc1. The van der Waals surface area contributed by atoms with E-state index in [1.54, 1.807) is 0 Å². The highest BCUT2D eigenvalue weighted by atomic mass is 16.3. The topological polar surface area (TPSA) is 16.4 Å². The van der Waals surface area contributed by atoms with E-state index in [2.05, 4.69) is 217 Å². The highest BCUT2D eigenvalue weighted by Gasteiger charge is 2.21. The van der Waals surface area contributed by atoms with E-state index in [0.717, 1.165) is 61.3 Å². The summed E-state index contributed by atoms with van der Waals surface area (Å²) in [7, 11) is 0. The van der Waals surface area contributed by atoms with Crippen LogP contribution in [-0.4, -0.2) is 0 Å². The standard InChI is InChI=1S/C54H37NO/c1-3-17-38(18-4-1)41-21-15-22-43(37-41)55(42-35-33-40(34-36-42)45-29-16-30-51-50-28-12-14-32-53(50)56-54(45)51)52-31-13-11-27-49(52)48-26-10-9-25-47(48)46-24-8-7-23-44(46)39-19-5-2-6-20-39/h1-37H.